The lowest BCUT2D eigenvalue weighted by molar-refractivity contribution is 0.600. The molecule has 0 amide bonds. The molecule has 3 aromatic rings. The third-order valence-corrected chi connectivity index (χ3v) is 6.31. The first-order chi connectivity index (χ1) is 13.5. The molecule has 4 heteroatoms. The number of rotatable bonds is 3. The molecule has 1 aromatic carbocycles. The molecule has 0 aliphatic heterocycles. The van der Waals surface area contributed by atoms with E-state index in [4.69, 9.17) is 4.98 Å². The minimum Gasteiger partial charge on any atom is -0.326 e. The summed E-state index contributed by atoms with van der Waals surface area (Å²) in [5.74, 6) is 1.22. The van der Waals surface area contributed by atoms with Crippen molar-refractivity contribution in [1.82, 2.24) is 14.5 Å². The number of aromatic nitrogens is 3. The summed E-state index contributed by atoms with van der Waals surface area (Å²) in [6.45, 7) is 6.16. The molecular weight excluding hydrogens is 349 g/mol. The number of nitrogens with zero attached hydrogens (tertiary/aromatic N) is 3. The smallest absolute Gasteiger partial charge is 0.151 e. The fourth-order valence-corrected chi connectivity index (χ4v) is 5.03. The summed E-state index contributed by atoms with van der Waals surface area (Å²) >= 11 is 0. The summed E-state index contributed by atoms with van der Waals surface area (Å²) in [5.41, 5.74) is 6.86. The minimum absolute atomic E-state index is 0.236. The molecule has 0 bridgehead atoms. The highest BCUT2D eigenvalue weighted by molar-refractivity contribution is 5.89. The lowest BCUT2D eigenvalue weighted by atomic mass is 9.98. The fourth-order valence-electron chi connectivity index (χ4n) is 5.03. The number of imidazole rings is 1. The van der Waals surface area contributed by atoms with Crippen LogP contribution < -0.4 is 0 Å². The fraction of sp³-hybridized carbons (Fsp3) is 0.417. The Hall–Kier alpha value is -2.49. The molecule has 5 rings (SSSR count). The van der Waals surface area contributed by atoms with Gasteiger partial charge in [-0.3, -0.25) is 4.98 Å². The van der Waals surface area contributed by atoms with E-state index in [0.717, 1.165) is 40.2 Å². The molecule has 1 saturated carbocycles. The molecule has 2 heterocycles. The van der Waals surface area contributed by atoms with E-state index in [1.54, 1.807) is 6.07 Å². The van der Waals surface area contributed by atoms with Gasteiger partial charge in [-0.2, -0.15) is 0 Å². The van der Waals surface area contributed by atoms with Crippen molar-refractivity contribution in [3.05, 3.63) is 64.5 Å². The van der Waals surface area contributed by atoms with E-state index in [9.17, 15) is 4.39 Å². The highest BCUT2D eigenvalue weighted by atomic mass is 19.1. The minimum atomic E-state index is -0.250. The Morgan fingerprint density at radius 3 is 2.64 bits per heavy atom. The van der Waals surface area contributed by atoms with E-state index in [2.05, 4.69) is 47.7 Å². The first-order valence-electron chi connectivity index (χ1n) is 10.4. The Kier molecular flexibility index (Phi) is 4.11. The Balaban J connectivity index is 1.58. The molecule has 28 heavy (non-hydrogen) atoms. The zero-order chi connectivity index (χ0) is 19.4. The molecule has 0 spiro atoms. The van der Waals surface area contributed by atoms with Crippen LogP contribution in [0.2, 0.25) is 0 Å². The quantitative estimate of drug-likeness (QED) is 0.553. The van der Waals surface area contributed by atoms with E-state index in [1.807, 2.05) is 6.92 Å². The highest BCUT2D eigenvalue weighted by Gasteiger charge is 2.24. The van der Waals surface area contributed by atoms with Gasteiger partial charge in [-0.15, -0.1) is 0 Å². The lowest BCUT2D eigenvalue weighted by Crippen LogP contribution is -2.03. The number of hydrogen-bond donors (Lipinski definition) is 0. The van der Waals surface area contributed by atoms with Crippen molar-refractivity contribution in [1.29, 1.82) is 0 Å². The maximum Gasteiger partial charge on any atom is 0.151 e. The number of aryl methyl sites for hydroxylation is 1. The van der Waals surface area contributed by atoms with Crippen LogP contribution in [0.5, 0.6) is 0 Å². The predicted molar refractivity (Wildman–Crippen MR) is 111 cm³/mol. The second kappa shape index (κ2) is 6.54. The van der Waals surface area contributed by atoms with E-state index < -0.39 is 0 Å². The van der Waals surface area contributed by atoms with Crippen LogP contribution in [0.4, 0.5) is 4.39 Å². The van der Waals surface area contributed by atoms with Gasteiger partial charge in [-0.05, 0) is 62.9 Å². The molecule has 2 aliphatic rings. The summed E-state index contributed by atoms with van der Waals surface area (Å²) in [4.78, 5) is 9.44. The Labute approximate surface area is 165 Å². The zero-order valence-corrected chi connectivity index (χ0v) is 16.8. The largest absolute Gasteiger partial charge is 0.326 e. The molecular formula is C24H26FN3. The second-order valence-electron chi connectivity index (χ2n) is 8.48. The third-order valence-electron chi connectivity index (χ3n) is 6.31. The van der Waals surface area contributed by atoms with Crippen molar-refractivity contribution >= 4 is 16.6 Å². The van der Waals surface area contributed by atoms with Crippen LogP contribution in [0.15, 0.2) is 30.3 Å². The van der Waals surface area contributed by atoms with Gasteiger partial charge in [0.25, 0.3) is 0 Å². The van der Waals surface area contributed by atoms with Gasteiger partial charge in [0.15, 0.2) is 5.82 Å². The van der Waals surface area contributed by atoms with Crippen LogP contribution in [0.25, 0.3) is 16.6 Å². The summed E-state index contributed by atoms with van der Waals surface area (Å²) in [7, 11) is 0. The van der Waals surface area contributed by atoms with Crippen LogP contribution in [0.3, 0.4) is 0 Å². The number of allylic oxidation sites excluding steroid dienone is 1. The number of fused-ring (bicyclic) bond motifs is 2. The second-order valence-corrected chi connectivity index (χ2v) is 8.48. The van der Waals surface area contributed by atoms with E-state index in [-0.39, 0.29) is 11.9 Å². The Bertz CT molecular complexity index is 1100. The topological polar surface area (TPSA) is 30.7 Å². The van der Waals surface area contributed by atoms with Gasteiger partial charge in [0.2, 0.25) is 0 Å². The maximum absolute atomic E-state index is 14.9. The Morgan fingerprint density at radius 1 is 1.11 bits per heavy atom. The van der Waals surface area contributed by atoms with Crippen LogP contribution in [-0.2, 0) is 6.42 Å². The van der Waals surface area contributed by atoms with Gasteiger partial charge < -0.3 is 4.57 Å². The van der Waals surface area contributed by atoms with Gasteiger partial charge in [-0.1, -0.05) is 25.0 Å². The molecule has 0 radical (unpaired) electrons. The number of benzene rings is 1. The summed E-state index contributed by atoms with van der Waals surface area (Å²) in [5, 5.41) is 0. The molecule has 2 aromatic heterocycles. The molecule has 0 unspecified atom stereocenters. The van der Waals surface area contributed by atoms with Crippen molar-refractivity contribution in [3.63, 3.8) is 0 Å². The van der Waals surface area contributed by atoms with Crippen molar-refractivity contribution in [3.8, 4) is 0 Å². The normalized spacial score (nSPS) is 17.0. The molecule has 3 nitrogen and oxygen atoms in total. The van der Waals surface area contributed by atoms with Gasteiger partial charge in [0.1, 0.15) is 11.3 Å². The SMILES string of the molecule is Cc1nc2c(F)cc(C3=CCc4nc(C5CCCC5)ccc43)cc2n1C(C)C. The standard InChI is InChI=1S/C24H26FN3/c1-14(2)28-15(3)26-24-20(25)12-17(13-23(24)28)18-8-11-22-19(18)9-10-21(27-22)16-6-4-5-7-16/h8-10,12-14,16H,4-7,11H2,1-3H3. The Morgan fingerprint density at radius 2 is 1.89 bits per heavy atom. The van der Waals surface area contributed by atoms with Crippen LogP contribution in [-0.4, -0.2) is 14.5 Å². The molecule has 144 valence electrons. The van der Waals surface area contributed by atoms with Crippen molar-refractivity contribution < 1.29 is 4.39 Å². The van der Waals surface area contributed by atoms with Crippen molar-refractivity contribution in [2.75, 3.05) is 0 Å². The van der Waals surface area contributed by atoms with Gasteiger partial charge in [0, 0.05) is 29.6 Å². The number of hydrogen-bond acceptors (Lipinski definition) is 2. The number of pyridine rings is 1. The summed E-state index contributed by atoms with van der Waals surface area (Å²) in [6, 6.07) is 8.34. The van der Waals surface area contributed by atoms with E-state index in [0.29, 0.717) is 11.4 Å². The van der Waals surface area contributed by atoms with Crippen LogP contribution in [0.1, 0.15) is 79.8 Å². The van der Waals surface area contributed by atoms with Crippen molar-refractivity contribution in [2.45, 2.75) is 64.8 Å². The van der Waals surface area contributed by atoms with E-state index in [1.165, 1.54) is 31.4 Å². The maximum atomic E-state index is 14.9. The summed E-state index contributed by atoms with van der Waals surface area (Å²) < 4.78 is 17.0. The molecule has 1 fully saturated rings. The number of halogens is 1. The van der Waals surface area contributed by atoms with Gasteiger partial charge >= 0.3 is 0 Å². The van der Waals surface area contributed by atoms with Crippen LogP contribution in [0, 0.1) is 12.7 Å². The average molecular weight is 375 g/mol. The first kappa shape index (κ1) is 17.6. The van der Waals surface area contributed by atoms with Crippen molar-refractivity contribution in [2.24, 2.45) is 0 Å². The molecule has 2 aliphatic carbocycles. The van der Waals surface area contributed by atoms with E-state index >= 15 is 0 Å². The van der Waals surface area contributed by atoms with Gasteiger partial charge in [0.05, 0.1) is 11.2 Å². The lowest BCUT2D eigenvalue weighted by Gasteiger charge is -2.13. The first-order valence-corrected chi connectivity index (χ1v) is 10.4. The average Bonchev–Trinajstić information content (AvgIpc) is 3.38. The summed E-state index contributed by atoms with van der Waals surface area (Å²) in [6.07, 6.45) is 8.16. The van der Waals surface area contributed by atoms with Gasteiger partial charge in [-0.25, -0.2) is 9.37 Å². The van der Waals surface area contributed by atoms with Crippen LogP contribution >= 0.6 is 0 Å². The molecule has 0 saturated heterocycles. The molecule has 0 N–H and O–H groups in total. The third kappa shape index (κ3) is 2.69. The predicted octanol–water partition coefficient (Wildman–Crippen LogP) is 6.11. The monoisotopic (exact) mass is 375 g/mol. The highest BCUT2D eigenvalue weighted by Crippen LogP contribution is 2.38. The molecule has 0 atom stereocenters. The zero-order valence-electron chi connectivity index (χ0n) is 16.8.